The summed E-state index contributed by atoms with van der Waals surface area (Å²) >= 11 is 0. The number of nitrogens with one attached hydrogen (secondary N) is 1. The van der Waals surface area contributed by atoms with E-state index in [0.717, 1.165) is 6.54 Å². The Morgan fingerprint density at radius 1 is 1.18 bits per heavy atom. The van der Waals surface area contributed by atoms with E-state index in [1.165, 1.54) is 25.7 Å². The van der Waals surface area contributed by atoms with Crippen LogP contribution in [0.2, 0.25) is 0 Å². The highest BCUT2D eigenvalue weighted by Gasteiger charge is 2.45. The fourth-order valence-electron chi connectivity index (χ4n) is 2.20. The van der Waals surface area contributed by atoms with E-state index in [9.17, 15) is 0 Å². The fourth-order valence-corrected chi connectivity index (χ4v) is 2.20. The molecule has 2 rings (SSSR count). The first kappa shape index (κ1) is 7.56. The first-order valence-corrected chi connectivity index (χ1v) is 4.57. The average molecular weight is 155 g/mol. The molecule has 0 bridgehead atoms. The zero-order valence-electron chi connectivity index (χ0n) is 7.44. The summed E-state index contributed by atoms with van der Waals surface area (Å²) in [6.45, 7) is 5.33. The van der Waals surface area contributed by atoms with Crippen molar-refractivity contribution in [2.24, 2.45) is 0 Å². The summed E-state index contributed by atoms with van der Waals surface area (Å²) in [5, 5.41) is 3.50. The maximum atomic E-state index is 5.99. The lowest BCUT2D eigenvalue weighted by Gasteiger charge is -2.26. The third kappa shape index (κ3) is 1.30. The molecule has 1 aliphatic heterocycles. The molecule has 11 heavy (non-hydrogen) atoms. The monoisotopic (exact) mass is 155 g/mol. The molecule has 0 radical (unpaired) electrons. The van der Waals surface area contributed by atoms with Gasteiger partial charge in [-0.1, -0.05) is 0 Å². The van der Waals surface area contributed by atoms with Gasteiger partial charge < -0.3 is 4.74 Å². The summed E-state index contributed by atoms with van der Waals surface area (Å²) in [6.07, 6.45) is 5.05. The fraction of sp³-hybridized carbons (Fsp3) is 1.00. The molecule has 2 heteroatoms. The maximum Gasteiger partial charge on any atom is 0.120 e. The van der Waals surface area contributed by atoms with Gasteiger partial charge in [-0.15, -0.1) is 0 Å². The molecule has 0 atom stereocenters. The van der Waals surface area contributed by atoms with Gasteiger partial charge in [0.1, 0.15) is 5.72 Å². The zero-order chi connectivity index (χ0) is 7.95. The molecule has 0 aromatic carbocycles. The predicted molar refractivity (Wildman–Crippen MR) is 44.4 cm³/mol. The molecule has 0 aromatic rings. The SMILES string of the molecule is CC1(C)CNC2(CCCC2)O1. The van der Waals surface area contributed by atoms with Crippen LogP contribution in [0.4, 0.5) is 0 Å². The van der Waals surface area contributed by atoms with E-state index in [1.807, 2.05) is 0 Å². The van der Waals surface area contributed by atoms with Crippen LogP contribution < -0.4 is 5.32 Å². The van der Waals surface area contributed by atoms with Crippen molar-refractivity contribution in [1.82, 2.24) is 5.32 Å². The van der Waals surface area contributed by atoms with Gasteiger partial charge in [0, 0.05) is 6.54 Å². The standard InChI is InChI=1S/C9H17NO/c1-8(2)7-10-9(11-8)5-3-4-6-9/h10H,3-7H2,1-2H3. The second-order valence-electron chi connectivity index (χ2n) is 4.42. The number of ether oxygens (including phenoxy) is 1. The van der Waals surface area contributed by atoms with Crippen molar-refractivity contribution in [3.05, 3.63) is 0 Å². The summed E-state index contributed by atoms with van der Waals surface area (Å²) in [4.78, 5) is 0. The Morgan fingerprint density at radius 3 is 2.27 bits per heavy atom. The first-order valence-electron chi connectivity index (χ1n) is 4.57. The smallest absolute Gasteiger partial charge is 0.120 e. The third-order valence-corrected chi connectivity index (χ3v) is 2.72. The summed E-state index contributed by atoms with van der Waals surface area (Å²) in [7, 11) is 0. The quantitative estimate of drug-likeness (QED) is 0.574. The van der Waals surface area contributed by atoms with Crippen LogP contribution in [-0.4, -0.2) is 17.9 Å². The molecule has 0 amide bonds. The summed E-state index contributed by atoms with van der Waals surface area (Å²) < 4.78 is 5.99. The number of rotatable bonds is 0. The van der Waals surface area contributed by atoms with E-state index < -0.39 is 0 Å². The molecular formula is C9H17NO. The lowest BCUT2D eigenvalue weighted by atomic mass is 10.1. The molecule has 0 aromatic heterocycles. The van der Waals surface area contributed by atoms with Crippen molar-refractivity contribution >= 4 is 0 Å². The number of hydrogen-bond donors (Lipinski definition) is 1. The van der Waals surface area contributed by atoms with Gasteiger partial charge in [-0.05, 0) is 39.5 Å². The van der Waals surface area contributed by atoms with Gasteiger partial charge in [-0.3, -0.25) is 5.32 Å². The number of hydrogen-bond acceptors (Lipinski definition) is 2. The topological polar surface area (TPSA) is 21.3 Å². The zero-order valence-corrected chi connectivity index (χ0v) is 7.44. The minimum absolute atomic E-state index is 0.0599. The molecule has 2 nitrogen and oxygen atoms in total. The van der Waals surface area contributed by atoms with Crippen LogP contribution >= 0.6 is 0 Å². The Balaban J connectivity index is 2.07. The highest BCUT2D eigenvalue weighted by atomic mass is 16.5. The molecule has 2 aliphatic rings. The molecule has 0 unspecified atom stereocenters. The Bertz CT molecular complexity index is 159. The van der Waals surface area contributed by atoms with Crippen LogP contribution in [0.5, 0.6) is 0 Å². The van der Waals surface area contributed by atoms with E-state index in [4.69, 9.17) is 4.74 Å². The van der Waals surface area contributed by atoms with E-state index >= 15 is 0 Å². The Kier molecular flexibility index (Phi) is 1.52. The highest BCUT2D eigenvalue weighted by Crippen LogP contribution is 2.38. The molecule has 1 saturated carbocycles. The lowest BCUT2D eigenvalue weighted by Crippen LogP contribution is -2.37. The maximum absolute atomic E-state index is 5.99. The Morgan fingerprint density at radius 2 is 1.82 bits per heavy atom. The molecule has 2 fully saturated rings. The van der Waals surface area contributed by atoms with E-state index in [1.54, 1.807) is 0 Å². The first-order chi connectivity index (χ1) is 5.12. The molecule has 1 spiro atoms. The summed E-state index contributed by atoms with van der Waals surface area (Å²) in [5.41, 5.74) is 0.133. The predicted octanol–water partition coefficient (Wildman–Crippen LogP) is 1.66. The molecule has 64 valence electrons. The average Bonchev–Trinajstić information content (AvgIpc) is 2.43. The van der Waals surface area contributed by atoms with Crippen LogP contribution in [0.15, 0.2) is 0 Å². The van der Waals surface area contributed by atoms with Crippen LogP contribution in [0, 0.1) is 0 Å². The van der Waals surface area contributed by atoms with Gasteiger partial charge in [0.2, 0.25) is 0 Å². The van der Waals surface area contributed by atoms with Crippen molar-refractivity contribution in [2.75, 3.05) is 6.54 Å². The third-order valence-electron chi connectivity index (χ3n) is 2.72. The van der Waals surface area contributed by atoms with Gasteiger partial charge in [0.25, 0.3) is 0 Å². The van der Waals surface area contributed by atoms with E-state index in [0.29, 0.717) is 0 Å². The molecule has 1 heterocycles. The van der Waals surface area contributed by atoms with Crippen LogP contribution in [0.1, 0.15) is 39.5 Å². The molecule has 1 aliphatic carbocycles. The van der Waals surface area contributed by atoms with Crippen molar-refractivity contribution in [1.29, 1.82) is 0 Å². The largest absolute Gasteiger partial charge is 0.353 e. The lowest BCUT2D eigenvalue weighted by molar-refractivity contribution is -0.0858. The second kappa shape index (κ2) is 2.20. The van der Waals surface area contributed by atoms with Crippen LogP contribution in [-0.2, 0) is 4.74 Å². The Hall–Kier alpha value is -0.0800. The van der Waals surface area contributed by atoms with Gasteiger partial charge in [0.15, 0.2) is 0 Å². The van der Waals surface area contributed by atoms with Gasteiger partial charge in [0.05, 0.1) is 5.60 Å². The minimum atomic E-state index is 0.0599. The summed E-state index contributed by atoms with van der Waals surface area (Å²) in [6, 6.07) is 0. The van der Waals surface area contributed by atoms with Crippen LogP contribution in [0.25, 0.3) is 0 Å². The molecule has 1 saturated heterocycles. The summed E-state index contributed by atoms with van der Waals surface area (Å²) in [5.74, 6) is 0. The van der Waals surface area contributed by atoms with Gasteiger partial charge in [-0.25, -0.2) is 0 Å². The molecular weight excluding hydrogens is 138 g/mol. The van der Waals surface area contributed by atoms with Crippen molar-refractivity contribution in [3.63, 3.8) is 0 Å². The minimum Gasteiger partial charge on any atom is -0.353 e. The van der Waals surface area contributed by atoms with E-state index in [2.05, 4.69) is 19.2 Å². The second-order valence-corrected chi connectivity index (χ2v) is 4.42. The molecule has 1 N–H and O–H groups in total. The van der Waals surface area contributed by atoms with Crippen molar-refractivity contribution in [3.8, 4) is 0 Å². The van der Waals surface area contributed by atoms with E-state index in [-0.39, 0.29) is 11.3 Å². The highest BCUT2D eigenvalue weighted by molar-refractivity contribution is 4.94. The van der Waals surface area contributed by atoms with Crippen molar-refractivity contribution in [2.45, 2.75) is 50.9 Å². The van der Waals surface area contributed by atoms with Gasteiger partial charge >= 0.3 is 0 Å². The van der Waals surface area contributed by atoms with Crippen LogP contribution in [0.3, 0.4) is 0 Å². The normalized spacial score (nSPS) is 33.3. The van der Waals surface area contributed by atoms with Crippen molar-refractivity contribution < 1.29 is 4.74 Å². The van der Waals surface area contributed by atoms with Gasteiger partial charge in [-0.2, -0.15) is 0 Å². The Labute approximate surface area is 68.3 Å².